The molecule has 3 atom stereocenters. The molecule has 116 valence electrons. The molecule has 1 saturated carbocycles. The van der Waals surface area contributed by atoms with Crippen molar-refractivity contribution in [2.75, 3.05) is 33.5 Å². The largest absolute Gasteiger partial charge is 0.384 e. The van der Waals surface area contributed by atoms with Crippen LogP contribution in [0.1, 0.15) is 33.1 Å². The molecule has 2 rings (SSSR count). The van der Waals surface area contributed by atoms with Gasteiger partial charge < -0.3 is 19.1 Å². The Morgan fingerprint density at radius 1 is 1.40 bits per heavy atom. The molecule has 0 N–H and O–H groups in total. The molecule has 0 aromatic carbocycles. The highest BCUT2D eigenvalue weighted by atomic mass is 16.5. The van der Waals surface area contributed by atoms with Crippen molar-refractivity contribution in [3.05, 3.63) is 0 Å². The second-order valence-electron chi connectivity index (χ2n) is 5.95. The van der Waals surface area contributed by atoms with Crippen molar-refractivity contribution < 1.29 is 19.0 Å². The van der Waals surface area contributed by atoms with Crippen LogP contribution in [0.4, 0.5) is 0 Å². The molecule has 2 fully saturated rings. The number of methoxy groups -OCH3 is 1. The number of morpholine rings is 1. The fourth-order valence-corrected chi connectivity index (χ4v) is 3.20. The number of rotatable bonds is 6. The van der Waals surface area contributed by atoms with E-state index in [2.05, 4.69) is 13.8 Å². The lowest BCUT2D eigenvalue weighted by Gasteiger charge is -2.39. The normalized spacial score (nSPS) is 29.8. The van der Waals surface area contributed by atoms with Crippen LogP contribution in [0.5, 0.6) is 0 Å². The predicted octanol–water partition coefficient (Wildman–Crippen LogP) is 1.45. The first-order chi connectivity index (χ1) is 9.63. The van der Waals surface area contributed by atoms with Gasteiger partial charge in [-0.3, -0.25) is 4.79 Å². The lowest BCUT2D eigenvalue weighted by molar-refractivity contribution is -0.148. The van der Waals surface area contributed by atoms with Crippen LogP contribution in [0.15, 0.2) is 0 Å². The maximum absolute atomic E-state index is 12.2. The Morgan fingerprint density at radius 2 is 2.20 bits per heavy atom. The first-order valence-corrected chi connectivity index (χ1v) is 7.65. The molecule has 1 aliphatic heterocycles. The van der Waals surface area contributed by atoms with Gasteiger partial charge in [-0.1, -0.05) is 0 Å². The van der Waals surface area contributed by atoms with Crippen molar-refractivity contribution in [2.24, 2.45) is 5.92 Å². The number of nitrogens with zero attached hydrogens (tertiary/aromatic N) is 1. The van der Waals surface area contributed by atoms with Crippen molar-refractivity contribution in [3.63, 3.8) is 0 Å². The van der Waals surface area contributed by atoms with Gasteiger partial charge in [-0.2, -0.15) is 0 Å². The number of carbonyl (C=O) groups excluding carboxylic acids is 1. The third-order valence-corrected chi connectivity index (χ3v) is 4.20. The Balaban J connectivity index is 1.91. The van der Waals surface area contributed by atoms with E-state index in [-0.39, 0.29) is 24.2 Å². The highest BCUT2D eigenvalue weighted by molar-refractivity contribution is 5.76. The summed E-state index contributed by atoms with van der Waals surface area (Å²) in [5.74, 6) is 0.607. The average Bonchev–Trinajstić information content (AvgIpc) is 2.85. The van der Waals surface area contributed by atoms with Gasteiger partial charge >= 0.3 is 0 Å². The summed E-state index contributed by atoms with van der Waals surface area (Å²) in [5, 5.41) is 0. The molecule has 0 unspecified atom stereocenters. The topological polar surface area (TPSA) is 48.0 Å². The van der Waals surface area contributed by atoms with Crippen LogP contribution in [0.3, 0.4) is 0 Å². The van der Waals surface area contributed by atoms with Crippen LogP contribution >= 0.6 is 0 Å². The van der Waals surface area contributed by atoms with Gasteiger partial charge in [0.1, 0.15) is 0 Å². The molecule has 0 aromatic rings. The summed E-state index contributed by atoms with van der Waals surface area (Å²) in [7, 11) is 1.63. The predicted molar refractivity (Wildman–Crippen MR) is 75.5 cm³/mol. The number of carbonyl (C=O) groups is 1. The lowest BCUT2D eigenvalue weighted by Crippen LogP contribution is -2.53. The highest BCUT2D eigenvalue weighted by Crippen LogP contribution is 2.35. The summed E-state index contributed by atoms with van der Waals surface area (Å²) in [5.41, 5.74) is 0. The number of amides is 1. The average molecular weight is 285 g/mol. The summed E-state index contributed by atoms with van der Waals surface area (Å²) in [4.78, 5) is 14.2. The third kappa shape index (κ3) is 3.71. The second-order valence-corrected chi connectivity index (χ2v) is 5.95. The number of hydrogen-bond acceptors (Lipinski definition) is 4. The fourth-order valence-electron chi connectivity index (χ4n) is 3.20. The third-order valence-electron chi connectivity index (χ3n) is 4.20. The Labute approximate surface area is 121 Å². The van der Waals surface area contributed by atoms with E-state index in [0.29, 0.717) is 32.1 Å². The highest BCUT2D eigenvalue weighted by Gasteiger charge is 2.44. The summed E-state index contributed by atoms with van der Waals surface area (Å²) in [6, 6.07) is 0.230. The molecule has 0 radical (unpaired) electrons. The molecule has 0 spiro atoms. The van der Waals surface area contributed by atoms with Gasteiger partial charge in [0, 0.05) is 19.6 Å². The van der Waals surface area contributed by atoms with E-state index >= 15 is 0 Å². The van der Waals surface area contributed by atoms with Gasteiger partial charge in [0.25, 0.3) is 0 Å². The Morgan fingerprint density at radius 3 is 2.90 bits per heavy atom. The molecule has 1 aliphatic carbocycles. The summed E-state index contributed by atoms with van der Waals surface area (Å²) in [6.07, 6.45) is 2.96. The smallest absolute Gasteiger partial charge is 0.225 e. The van der Waals surface area contributed by atoms with Gasteiger partial charge in [-0.05, 0) is 26.7 Å². The van der Waals surface area contributed by atoms with Crippen molar-refractivity contribution >= 4 is 5.91 Å². The van der Waals surface area contributed by atoms with Crippen LogP contribution in [-0.4, -0.2) is 62.5 Å². The maximum atomic E-state index is 12.2. The first kappa shape index (κ1) is 15.7. The van der Waals surface area contributed by atoms with E-state index in [4.69, 9.17) is 14.2 Å². The molecule has 0 bridgehead atoms. The van der Waals surface area contributed by atoms with Crippen LogP contribution in [-0.2, 0) is 19.0 Å². The first-order valence-electron chi connectivity index (χ1n) is 7.65. The Hall–Kier alpha value is -0.650. The maximum Gasteiger partial charge on any atom is 0.225 e. The van der Waals surface area contributed by atoms with Crippen molar-refractivity contribution in [1.29, 1.82) is 0 Å². The van der Waals surface area contributed by atoms with E-state index in [1.165, 1.54) is 0 Å². The van der Waals surface area contributed by atoms with E-state index < -0.39 is 0 Å². The van der Waals surface area contributed by atoms with Crippen molar-refractivity contribution in [1.82, 2.24) is 4.90 Å². The molecule has 1 saturated heterocycles. The molecular weight excluding hydrogens is 258 g/mol. The Kier molecular flexibility index (Phi) is 5.81. The quantitative estimate of drug-likeness (QED) is 0.741. The standard InChI is InChI=1S/C15H27NO4/c1-11(2)20-10-12-4-5-13-15(12)19-9-7-16(13)14(17)6-8-18-3/h11-13,15H,4-10H2,1-3H3/t12-,13+,15-/m1/s1. The molecule has 5 nitrogen and oxygen atoms in total. The zero-order valence-corrected chi connectivity index (χ0v) is 12.8. The number of ether oxygens (including phenoxy) is 3. The van der Waals surface area contributed by atoms with Crippen molar-refractivity contribution in [3.8, 4) is 0 Å². The van der Waals surface area contributed by atoms with Crippen LogP contribution in [0, 0.1) is 5.92 Å². The monoisotopic (exact) mass is 285 g/mol. The van der Waals surface area contributed by atoms with E-state index in [9.17, 15) is 4.79 Å². The zero-order valence-electron chi connectivity index (χ0n) is 12.8. The van der Waals surface area contributed by atoms with E-state index in [0.717, 1.165) is 19.4 Å². The lowest BCUT2D eigenvalue weighted by atomic mass is 10.0. The molecule has 5 heteroatoms. The summed E-state index contributed by atoms with van der Waals surface area (Å²) < 4.78 is 16.7. The minimum atomic E-state index is 0.147. The molecule has 0 aromatic heterocycles. The zero-order chi connectivity index (χ0) is 14.5. The SMILES string of the molecule is COCCC(=O)N1CCO[C@@H]2[C@@H](COC(C)C)CC[C@@H]21. The molecule has 1 heterocycles. The van der Waals surface area contributed by atoms with E-state index in [1.54, 1.807) is 7.11 Å². The molecular formula is C15H27NO4. The molecule has 1 amide bonds. The van der Waals surface area contributed by atoms with Gasteiger partial charge in [-0.15, -0.1) is 0 Å². The van der Waals surface area contributed by atoms with Crippen molar-refractivity contribution in [2.45, 2.75) is 51.4 Å². The van der Waals surface area contributed by atoms with Crippen LogP contribution < -0.4 is 0 Å². The summed E-state index contributed by atoms with van der Waals surface area (Å²) in [6.45, 7) is 6.68. The van der Waals surface area contributed by atoms with Gasteiger partial charge in [0.15, 0.2) is 0 Å². The number of hydrogen-bond donors (Lipinski definition) is 0. The minimum Gasteiger partial charge on any atom is -0.384 e. The molecule has 2 aliphatic rings. The Bertz CT molecular complexity index is 321. The van der Waals surface area contributed by atoms with Gasteiger partial charge in [0.2, 0.25) is 5.91 Å². The van der Waals surface area contributed by atoms with Crippen LogP contribution in [0.25, 0.3) is 0 Å². The minimum absolute atomic E-state index is 0.147. The van der Waals surface area contributed by atoms with Gasteiger partial charge in [-0.25, -0.2) is 0 Å². The number of fused-ring (bicyclic) bond motifs is 1. The second kappa shape index (κ2) is 7.38. The molecule has 20 heavy (non-hydrogen) atoms. The van der Waals surface area contributed by atoms with Crippen LogP contribution in [0.2, 0.25) is 0 Å². The summed E-state index contributed by atoms with van der Waals surface area (Å²) >= 11 is 0. The fraction of sp³-hybridized carbons (Fsp3) is 0.933. The van der Waals surface area contributed by atoms with Gasteiger partial charge in [0.05, 0.1) is 44.5 Å². The van der Waals surface area contributed by atoms with E-state index in [1.807, 2.05) is 4.90 Å².